The Morgan fingerprint density at radius 3 is 2.20 bits per heavy atom. The molecular formula is C23H32N2O4S. The highest BCUT2D eigenvalue weighted by Gasteiger charge is 2.24. The molecule has 0 heterocycles. The first-order valence-corrected chi connectivity index (χ1v) is 11.6. The molecule has 0 aliphatic heterocycles. The maximum absolute atomic E-state index is 12.7. The van der Waals surface area contributed by atoms with Gasteiger partial charge in [-0.25, -0.2) is 8.42 Å². The van der Waals surface area contributed by atoms with Gasteiger partial charge in [-0.2, -0.15) is 4.72 Å². The van der Waals surface area contributed by atoms with Crippen LogP contribution in [0.15, 0.2) is 35.2 Å². The van der Waals surface area contributed by atoms with Crippen LogP contribution in [0.5, 0.6) is 5.75 Å². The number of nitrogens with one attached hydrogen (secondary N) is 2. The summed E-state index contributed by atoms with van der Waals surface area (Å²) in [6, 6.07) is 7.64. The van der Waals surface area contributed by atoms with Gasteiger partial charge in [-0.05, 0) is 94.5 Å². The molecule has 0 bridgehead atoms. The van der Waals surface area contributed by atoms with Gasteiger partial charge in [0.05, 0.1) is 23.6 Å². The van der Waals surface area contributed by atoms with Crippen LogP contribution in [0.2, 0.25) is 0 Å². The van der Waals surface area contributed by atoms with Gasteiger partial charge in [0.2, 0.25) is 15.9 Å². The molecule has 2 aromatic carbocycles. The Hall–Kier alpha value is -2.38. The van der Waals surface area contributed by atoms with Crippen molar-refractivity contribution in [2.24, 2.45) is 0 Å². The first-order valence-electron chi connectivity index (χ1n) is 10.1. The van der Waals surface area contributed by atoms with E-state index in [1.165, 1.54) is 18.6 Å². The summed E-state index contributed by atoms with van der Waals surface area (Å²) in [6.07, 6.45) is 0. The van der Waals surface area contributed by atoms with Crippen molar-refractivity contribution < 1.29 is 17.9 Å². The zero-order valence-electron chi connectivity index (χ0n) is 18.8. The summed E-state index contributed by atoms with van der Waals surface area (Å²) in [4.78, 5) is 12.7. The van der Waals surface area contributed by atoms with E-state index in [0.717, 1.165) is 22.3 Å². The molecule has 0 aliphatic rings. The van der Waals surface area contributed by atoms with Crippen LogP contribution in [0.3, 0.4) is 0 Å². The quantitative estimate of drug-likeness (QED) is 0.663. The van der Waals surface area contributed by atoms with E-state index in [4.69, 9.17) is 4.74 Å². The predicted octanol–water partition coefficient (Wildman–Crippen LogP) is 3.86. The van der Waals surface area contributed by atoms with Crippen LogP contribution in [-0.2, 0) is 14.8 Å². The number of amides is 1. The lowest BCUT2D eigenvalue weighted by molar-refractivity contribution is -0.123. The zero-order chi connectivity index (χ0) is 22.6. The summed E-state index contributed by atoms with van der Waals surface area (Å²) < 4.78 is 33.4. The SMILES string of the molecule is CCOc1ccc(S(=O)(=O)N[C@H](C)C(=O)N[C@H](C)c2cc(C)c(C)cc2C)cc1C. The smallest absolute Gasteiger partial charge is 0.241 e. The molecule has 0 unspecified atom stereocenters. The molecule has 1 amide bonds. The molecule has 6 nitrogen and oxygen atoms in total. The first kappa shape index (κ1) is 23.9. The number of benzene rings is 2. The maximum Gasteiger partial charge on any atom is 0.241 e. The second kappa shape index (κ2) is 9.62. The van der Waals surface area contributed by atoms with E-state index in [-0.39, 0.29) is 16.8 Å². The largest absolute Gasteiger partial charge is 0.494 e. The molecule has 164 valence electrons. The van der Waals surface area contributed by atoms with Crippen LogP contribution in [0.1, 0.15) is 54.6 Å². The van der Waals surface area contributed by atoms with Crippen molar-refractivity contribution in [2.45, 2.75) is 65.4 Å². The monoisotopic (exact) mass is 432 g/mol. The number of aryl methyl sites for hydroxylation is 4. The number of hydrogen-bond donors (Lipinski definition) is 2. The Labute approximate surface area is 180 Å². The Morgan fingerprint density at radius 1 is 0.967 bits per heavy atom. The van der Waals surface area contributed by atoms with Gasteiger partial charge < -0.3 is 10.1 Å². The normalized spacial score (nSPS) is 13.6. The third-order valence-electron chi connectivity index (χ3n) is 5.19. The number of carbonyl (C=O) groups is 1. The van der Waals surface area contributed by atoms with Gasteiger partial charge in [0.25, 0.3) is 0 Å². The third-order valence-corrected chi connectivity index (χ3v) is 6.73. The fourth-order valence-corrected chi connectivity index (χ4v) is 4.61. The summed E-state index contributed by atoms with van der Waals surface area (Å²) in [6.45, 7) is 13.7. The Bertz CT molecular complexity index is 1030. The van der Waals surface area contributed by atoms with Gasteiger partial charge in [-0.15, -0.1) is 0 Å². The highest BCUT2D eigenvalue weighted by molar-refractivity contribution is 7.89. The lowest BCUT2D eigenvalue weighted by Gasteiger charge is -2.21. The highest BCUT2D eigenvalue weighted by atomic mass is 32.2. The Morgan fingerprint density at radius 2 is 1.60 bits per heavy atom. The molecule has 7 heteroatoms. The fourth-order valence-electron chi connectivity index (χ4n) is 3.33. The molecule has 0 fully saturated rings. The molecule has 0 spiro atoms. The van der Waals surface area contributed by atoms with Crippen LogP contribution < -0.4 is 14.8 Å². The number of carbonyl (C=O) groups excluding carboxylic acids is 1. The van der Waals surface area contributed by atoms with E-state index < -0.39 is 16.1 Å². The maximum atomic E-state index is 12.7. The second-order valence-corrected chi connectivity index (χ2v) is 9.44. The summed E-state index contributed by atoms with van der Waals surface area (Å²) >= 11 is 0. The van der Waals surface area contributed by atoms with E-state index in [1.54, 1.807) is 19.1 Å². The molecule has 30 heavy (non-hydrogen) atoms. The van der Waals surface area contributed by atoms with Crippen LogP contribution >= 0.6 is 0 Å². The van der Waals surface area contributed by atoms with Crippen LogP contribution in [-0.4, -0.2) is 27.0 Å². The lowest BCUT2D eigenvalue weighted by Crippen LogP contribution is -2.45. The number of ether oxygens (including phenoxy) is 1. The first-order chi connectivity index (χ1) is 14.0. The number of hydrogen-bond acceptors (Lipinski definition) is 4. The Balaban J connectivity index is 2.11. The lowest BCUT2D eigenvalue weighted by atomic mass is 9.96. The van der Waals surface area contributed by atoms with Crippen molar-refractivity contribution in [3.05, 3.63) is 58.1 Å². The third kappa shape index (κ3) is 5.61. The van der Waals surface area contributed by atoms with Gasteiger partial charge in [0.15, 0.2) is 0 Å². The molecule has 0 radical (unpaired) electrons. The van der Waals surface area contributed by atoms with Crippen molar-refractivity contribution in [1.82, 2.24) is 10.0 Å². The fraction of sp³-hybridized carbons (Fsp3) is 0.435. The van der Waals surface area contributed by atoms with E-state index >= 15 is 0 Å². The topological polar surface area (TPSA) is 84.5 Å². The zero-order valence-corrected chi connectivity index (χ0v) is 19.6. The van der Waals surface area contributed by atoms with E-state index in [1.807, 2.05) is 27.7 Å². The molecule has 0 saturated carbocycles. The summed E-state index contributed by atoms with van der Waals surface area (Å²) in [5, 5.41) is 2.91. The standard InChI is InChI=1S/C23H32N2O4S/c1-8-29-22-10-9-20(12-17(22)5)30(27,28)25-19(7)23(26)24-18(6)21-13-15(3)14(2)11-16(21)4/h9-13,18-19,25H,8H2,1-7H3,(H,24,26)/t18-,19-/m1/s1. The molecule has 2 aromatic rings. The van der Waals surface area contributed by atoms with Crippen molar-refractivity contribution in [3.8, 4) is 5.75 Å². The summed E-state index contributed by atoms with van der Waals surface area (Å²) in [5.74, 6) is 0.256. The minimum absolute atomic E-state index is 0.0983. The summed E-state index contributed by atoms with van der Waals surface area (Å²) in [5.41, 5.74) is 5.17. The highest BCUT2D eigenvalue weighted by Crippen LogP contribution is 2.23. The molecule has 2 N–H and O–H groups in total. The van der Waals surface area contributed by atoms with Gasteiger partial charge >= 0.3 is 0 Å². The van der Waals surface area contributed by atoms with E-state index in [0.29, 0.717) is 12.4 Å². The van der Waals surface area contributed by atoms with Crippen molar-refractivity contribution in [1.29, 1.82) is 0 Å². The van der Waals surface area contributed by atoms with Gasteiger partial charge in [0.1, 0.15) is 5.75 Å². The molecule has 2 rings (SSSR count). The van der Waals surface area contributed by atoms with Crippen LogP contribution in [0, 0.1) is 27.7 Å². The molecule has 0 aromatic heterocycles. The predicted molar refractivity (Wildman–Crippen MR) is 119 cm³/mol. The second-order valence-electron chi connectivity index (χ2n) is 7.73. The van der Waals surface area contributed by atoms with Crippen molar-refractivity contribution >= 4 is 15.9 Å². The van der Waals surface area contributed by atoms with Gasteiger partial charge in [0, 0.05) is 0 Å². The van der Waals surface area contributed by atoms with Gasteiger partial charge in [-0.1, -0.05) is 12.1 Å². The Kier molecular flexibility index (Phi) is 7.66. The van der Waals surface area contributed by atoms with Gasteiger partial charge in [-0.3, -0.25) is 4.79 Å². The molecule has 2 atom stereocenters. The molecular weight excluding hydrogens is 400 g/mol. The summed E-state index contributed by atoms with van der Waals surface area (Å²) in [7, 11) is -3.85. The van der Waals surface area contributed by atoms with Crippen LogP contribution in [0.4, 0.5) is 0 Å². The average Bonchev–Trinajstić information content (AvgIpc) is 2.65. The number of sulfonamides is 1. The number of rotatable bonds is 8. The van der Waals surface area contributed by atoms with E-state index in [2.05, 4.69) is 29.1 Å². The average molecular weight is 433 g/mol. The minimum Gasteiger partial charge on any atom is -0.494 e. The van der Waals surface area contributed by atoms with Crippen molar-refractivity contribution in [3.63, 3.8) is 0 Å². The van der Waals surface area contributed by atoms with E-state index in [9.17, 15) is 13.2 Å². The molecule has 0 saturated heterocycles. The molecule has 0 aliphatic carbocycles. The minimum atomic E-state index is -3.85. The van der Waals surface area contributed by atoms with Crippen LogP contribution in [0.25, 0.3) is 0 Å². The van der Waals surface area contributed by atoms with Crippen molar-refractivity contribution in [2.75, 3.05) is 6.61 Å².